The molecule has 0 aliphatic heterocycles. The van der Waals surface area contributed by atoms with E-state index in [2.05, 4.69) is 5.32 Å². The molecule has 2 N–H and O–H groups in total. The van der Waals surface area contributed by atoms with Gasteiger partial charge in [0.15, 0.2) is 5.78 Å². The van der Waals surface area contributed by atoms with E-state index in [0.29, 0.717) is 17.9 Å². The van der Waals surface area contributed by atoms with Crippen molar-refractivity contribution in [3.8, 4) is 0 Å². The van der Waals surface area contributed by atoms with Gasteiger partial charge in [-0.3, -0.25) is 4.79 Å². The standard InChI is InChI=1S/C20H24N2O4/c1-15(23)17-9-6-10-18(11-17)21-20(25)22(2)12-19(24)14-26-13-16-7-4-3-5-8-16/h3-11,19,24H,12-14H2,1-2H3,(H,21,25)/t19-/m1/s1. The summed E-state index contributed by atoms with van der Waals surface area (Å²) in [6.07, 6.45) is -0.794. The molecule has 0 aromatic heterocycles. The van der Waals surface area contributed by atoms with Gasteiger partial charge in [-0.1, -0.05) is 42.5 Å². The van der Waals surface area contributed by atoms with E-state index in [0.717, 1.165) is 5.56 Å². The molecule has 2 amide bonds. The van der Waals surface area contributed by atoms with Crippen LogP contribution in [0.5, 0.6) is 0 Å². The number of rotatable bonds is 8. The van der Waals surface area contributed by atoms with E-state index in [1.54, 1.807) is 31.3 Å². The lowest BCUT2D eigenvalue weighted by Crippen LogP contribution is -2.38. The molecule has 0 saturated heterocycles. The Morgan fingerprint density at radius 1 is 1.15 bits per heavy atom. The van der Waals surface area contributed by atoms with Crippen LogP contribution in [-0.4, -0.2) is 48.1 Å². The predicted molar refractivity (Wildman–Crippen MR) is 100 cm³/mol. The van der Waals surface area contributed by atoms with Crippen LogP contribution >= 0.6 is 0 Å². The largest absolute Gasteiger partial charge is 0.389 e. The Kier molecular flexibility index (Phi) is 7.32. The van der Waals surface area contributed by atoms with Gasteiger partial charge in [0.05, 0.1) is 25.9 Å². The molecule has 6 nitrogen and oxygen atoms in total. The Balaban J connectivity index is 1.77. The number of urea groups is 1. The van der Waals surface area contributed by atoms with Crippen molar-refractivity contribution in [2.24, 2.45) is 0 Å². The molecule has 0 bridgehead atoms. The van der Waals surface area contributed by atoms with Gasteiger partial charge in [-0.2, -0.15) is 0 Å². The first-order valence-corrected chi connectivity index (χ1v) is 8.38. The SMILES string of the molecule is CC(=O)c1cccc(NC(=O)N(C)C[C@@H](O)COCc2ccccc2)c1. The lowest BCUT2D eigenvalue weighted by molar-refractivity contribution is 0.0188. The summed E-state index contributed by atoms with van der Waals surface area (Å²) in [6.45, 7) is 2.14. The highest BCUT2D eigenvalue weighted by atomic mass is 16.5. The van der Waals surface area contributed by atoms with Crippen molar-refractivity contribution in [2.45, 2.75) is 19.6 Å². The summed E-state index contributed by atoms with van der Waals surface area (Å²) < 4.78 is 5.48. The molecule has 0 aliphatic carbocycles. The van der Waals surface area contributed by atoms with Gasteiger partial charge in [-0.15, -0.1) is 0 Å². The first-order chi connectivity index (χ1) is 12.5. The van der Waals surface area contributed by atoms with Crippen molar-refractivity contribution < 1.29 is 19.4 Å². The summed E-state index contributed by atoms with van der Waals surface area (Å²) in [4.78, 5) is 25.0. The zero-order valence-corrected chi connectivity index (χ0v) is 15.0. The smallest absolute Gasteiger partial charge is 0.321 e. The maximum atomic E-state index is 12.2. The fourth-order valence-corrected chi connectivity index (χ4v) is 2.37. The number of ether oxygens (including phenoxy) is 1. The quantitative estimate of drug-likeness (QED) is 0.713. The van der Waals surface area contributed by atoms with Gasteiger partial charge in [0.1, 0.15) is 0 Å². The van der Waals surface area contributed by atoms with Crippen molar-refractivity contribution in [1.82, 2.24) is 4.90 Å². The number of benzene rings is 2. The molecule has 26 heavy (non-hydrogen) atoms. The zero-order chi connectivity index (χ0) is 18.9. The number of carbonyl (C=O) groups is 2. The van der Waals surface area contributed by atoms with Gasteiger partial charge < -0.3 is 20.1 Å². The fraction of sp³-hybridized carbons (Fsp3) is 0.300. The topological polar surface area (TPSA) is 78.9 Å². The molecule has 138 valence electrons. The van der Waals surface area contributed by atoms with Gasteiger partial charge in [0.25, 0.3) is 0 Å². The highest BCUT2D eigenvalue weighted by Crippen LogP contribution is 2.12. The minimum Gasteiger partial charge on any atom is -0.389 e. The van der Waals surface area contributed by atoms with Gasteiger partial charge >= 0.3 is 6.03 Å². The number of Topliss-reactive ketones (excluding diaryl/α,β-unsaturated/α-hetero) is 1. The lowest BCUT2D eigenvalue weighted by atomic mass is 10.1. The van der Waals surface area contributed by atoms with Crippen LogP contribution in [0, 0.1) is 0 Å². The summed E-state index contributed by atoms with van der Waals surface area (Å²) in [5, 5.41) is 12.7. The first kappa shape index (κ1) is 19.6. The monoisotopic (exact) mass is 356 g/mol. The second-order valence-corrected chi connectivity index (χ2v) is 6.10. The van der Waals surface area contributed by atoms with Crippen LogP contribution in [0.4, 0.5) is 10.5 Å². The molecule has 2 rings (SSSR count). The van der Waals surface area contributed by atoms with Crippen molar-refractivity contribution >= 4 is 17.5 Å². The number of nitrogens with one attached hydrogen (secondary N) is 1. The maximum Gasteiger partial charge on any atom is 0.321 e. The molecule has 0 unspecified atom stereocenters. The van der Waals surface area contributed by atoms with E-state index in [1.165, 1.54) is 11.8 Å². The third-order valence-electron chi connectivity index (χ3n) is 3.77. The highest BCUT2D eigenvalue weighted by molar-refractivity contribution is 5.96. The normalized spacial score (nSPS) is 11.7. The number of nitrogens with zero attached hydrogens (tertiary/aromatic N) is 1. The Morgan fingerprint density at radius 2 is 1.88 bits per heavy atom. The van der Waals surface area contributed by atoms with Crippen molar-refractivity contribution in [3.63, 3.8) is 0 Å². The third-order valence-corrected chi connectivity index (χ3v) is 3.77. The molecule has 0 aliphatic rings. The van der Waals surface area contributed by atoms with E-state index in [4.69, 9.17) is 4.74 Å². The second kappa shape index (κ2) is 9.70. The second-order valence-electron chi connectivity index (χ2n) is 6.10. The summed E-state index contributed by atoms with van der Waals surface area (Å²) in [5.74, 6) is -0.0690. The summed E-state index contributed by atoms with van der Waals surface area (Å²) in [5.41, 5.74) is 2.08. The molecule has 0 saturated carbocycles. The number of likely N-dealkylation sites (N-methyl/N-ethyl adjacent to an activating group) is 1. The number of amides is 2. The third kappa shape index (κ3) is 6.31. The number of carbonyl (C=O) groups excluding carboxylic acids is 2. The van der Waals surface area contributed by atoms with Crippen LogP contribution in [0.25, 0.3) is 0 Å². The molecule has 0 spiro atoms. The number of aliphatic hydroxyl groups excluding tert-OH is 1. The number of hydrogen-bond donors (Lipinski definition) is 2. The minimum atomic E-state index is -0.794. The van der Waals surface area contributed by atoms with Crippen LogP contribution in [0.3, 0.4) is 0 Å². The number of anilines is 1. The Labute approximate surface area is 153 Å². The molecular formula is C20H24N2O4. The van der Waals surface area contributed by atoms with E-state index < -0.39 is 6.10 Å². The van der Waals surface area contributed by atoms with Crippen LogP contribution in [0.2, 0.25) is 0 Å². The van der Waals surface area contributed by atoms with E-state index in [-0.39, 0.29) is 25.0 Å². The number of ketones is 1. The molecule has 2 aromatic carbocycles. The zero-order valence-electron chi connectivity index (χ0n) is 15.0. The number of aliphatic hydroxyl groups is 1. The van der Waals surface area contributed by atoms with Crippen LogP contribution in [0.1, 0.15) is 22.8 Å². The van der Waals surface area contributed by atoms with Gasteiger partial charge in [0.2, 0.25) is 0 Å². The highest BCUT2D eigenvalue weighted by Gasteiger charge is 2.14. The van der Waals surface area contributed by atoms with Gasteiger partial charge in [0, 0.05) is 18.3 Å². The average molecular weight is 356 g/mol. The fourth-order valence-electron chi connectivity index (χ4n) is 2.37. The summed E-state index contributed by atoms with van der Waals surface area (Å²) >= 11 is 0. The maximum absolute atomic E-state index is 12.2. The Bertz CT molecular complexity index is 734. The molecule has 0 fully saturated rings. The Morgan fingerprint density at radius 3 is 2.58 bits per heavy atom. The molecule has 0 heterocycles. The van der Waals surface area contributed by atoms with Crippen LogP contribution in [-0.2, 0) is 11.3 Å². The molecular weight excluding hydrogens is 332 g/mol. The first-order valence-electron chi connectivity index (χ1n) is 8.38. The molecule has 2 aromatic rings. The average Bonchev–Trinajstić information content (AvgIpc) is 2.62. The van der Waals surface area contributed by atoms with Gasteiger partial charge in [-0.25, -0.2) is 4.79 Å². The van der Waals surface area contributed by atoms with E-state index in [9.17, 15) is 14.7 Å². The lowest BCUT2D eigenvalue weighted by Gasteiger charge is -2.21. The van der Waals surface area contributed by atoms with E-state index in [1.807, 2.05) is 30.3 Å². The van der Waals surface area contributed by atoms with Crippen molar-refractivity contribution in [3.05, 3.63) is 65.7 Å². The molecule has 1 atom stereocenters. The number of hydrogen-bond acceptors (Lipinski definition) is 4. The summed E-state index contributed by atoms with van der Waals surface area (Å²) in [6, 6.07) is 16.0. The van der Waals surface area contributed by atoms with Crippen LogP contribution < -0.4 is 5.32 Å². The molecule has 6 heteroatoms. The van der Waals surface area contributed by atoms with Gasteiger partial charge in [-0.05, 0) is 24.6 Å². The molecule has 0 radical (unpaired) electrons. The predicted octanol–water partition coefficient (Wildman–Crippen LogP) is 2.93. The van der Waals surface area contributed by atoms with Crippen LogP contribution in [0.15, 0.2) is 54.6 Å². The van der Waals surface area contributed by atoms with Crippen molar-refractivity contribution in [2.75, 3.05) is 25.5 Å². The van der Waals surface area contributed by atoms with Crippen molar-refractivity contribution in [1.29, 1.82) is 0 Å². The Hall–Kier alpha value is -2.70. The minimum absolute atomic E-state index is 0.0690. The summed E-state index contributed by atoms with van der Waals surface area (Å²) in [7, 11) is 1.59. The van der Waals surface area contributed by atoms with E-state index >= 15 is 0 Å².